The smallest absolute Gasteiger partial charge is 0.313 e. The Morgan fingerprint density at radius 2 is 1.03 bits per heavy atom. The van der Waals surface area contributed by atoms with Crippen molar-refractivity contribution < 1.29 is 9.09 Å². The highest BCUT2D eigenvalue weighted by Crippen LogP contribution is 2.71. The molecule has 0 amide bonds. The van der Waals surface area contributed by atoms with Crippen molar-refractivity contribution in [3.8, 4) is 0 Å². The fourth-order valence-corrected chi connectivity index (χ4v) is 10.8. The molecule has 0 aliphatic rings. The third-order valence-corrected chi connectivity index (χ3v) is 13.7. The lowest BCUT2D eigenvalue weighted by Crippen LogP contribution is -2.09. The first-order chi connectivity index (χ1) is 14.0. The maximum absolute atomic E-state index is 13.8. The van der Waals surface area contributed by atoms with E-state index in [-0.39, 0.29) is 0 Å². The molecule has 0 bridgehead atoms. The first-order valence-electron chi connectivity index (χ1n) is 12.5. The predicted molar refractivity (Wildman–Crippen MR) is 138 cm³/mol. The third-order valence-electron chi connectivity index (χ3n) is 6.03. The average Bonchev–Trinajstić information content (AvgIpc) is 2.74. The van der Waals surface area contributed by atoms with E-state index in [1.807, 2.05) is 0 Å². The number of unbranched alkanes of at least 4 members (excludes halogenated alkanes) is 3. The molecular weight excluding hydrogens is 415 g/mol. The molecular formula is C24H51O2PS2. The summed E-state index contributed by atoms with van der Waals surface area (Å²) in [6, 6.07) is 0. The van der Waals surface area contributed by atoms with Gasteiger partial charge in [0.2, 0.25) is 0 Å². The van der Waals surface area contributed by atoms with Crippen molar-refractivity contribution in [2.24, 2.45) is 17.8 Å². The highest BCUT2D eigenvalue weighted by Gasteiger charge is 2.28. The van der Waals surface area contributed by atoms with E-state index in [4.69, 9.17) is 4.52 Å². The summed E-state index contributed by atoms with van der Waals surface area (Å²) < 4.78 is 20.1. The van der Waals surface area contributed by atoms with E-state index in [0.717, 1.165) is 17.9 Å². The molecule has 0 heterocycles. The quantitative estimate of drug-likeness (QED) is 0.157. The van der Waals surface area contributed by atoms with Gasteiger partial charge in [-0.1, -0.05) is 122 Å². The lowest BCUT2D eigenvalue weighted by atomic mass is 10.0. The number of hydrogen-bond donors (Lipinski definition) is 0. The molecule has 5 heteroatoms. The maximum Gasteiger partial charge on any atom is 0.313 e. The van der Waals surface area contributed by atoms with E-state index in [1.165, 1.54) is 70.6 Å². The Bertz CT molecular complexity index is 349. The van der Waals surface area contributed by atoms with E-state index >= 15 is 0 Å². The van der Waals surface area contributed by atoms with Crippen LogP contribution in [0, 0.1) is 17.8 Å². The van der Waals surface area contributed by atoms with Crippen LogP contribution in [0.15, 0.2) is 0 Å². The van der Waals surface area contributed by atoms with Gasteiger partial charge in [0.25, 0.3) is 0 Å². The maximum atomic E-state index is 13.8. The van der Waals surface area contributed by atoms with E-state index in [0.29, 0.717) is 24.4 Å². The molecule has 3 atom stereocenters. The van der Waals surface area contributed by atoms with Gasteiger partial charge in [0.05, 0.1) is 6.61 Å². The summed E-state index contributed by atoms with van der Waals surface area (Å²) in [5.74, 6) is 1.17. The molecule has 0 rings (SSSR count). The summed E-state index contributed by atoms with van der Waals surface area (Å²) in [4.78, 5) is 0. The fraction of sp³-hybridized carbons (Fsp3) is 1.00. The zero-order chi connectivity index (χ0) is 22.0. The lowest BCUT2D eigenvalue weighted by molar-refractivity contribution is 0.247. The van der Waals surface area contributed by atoms with Gasteiger partial charge in [0, 0.05) is 11.5 Å². The van der Waals surface area contributed by atoms with Crippen molar-refractivity contribution in [2.75, 3.05) is 18.1 Å². The first-order valence-corrected chi connectivity index (χ1v) is 17.3. The molecule has 0 aromatic carbocycles. The average molecular weight is 467 g/mol. The van der Waals surface area contributed by atoms with Crippen LogP contribution < -0.4 is 0 Å². The van der Waals surface area contributed by atoms with E-state index in [2.05, 4.69) is 41.5 Å². The molecule has 176 valence electrons. The van der Waals surface area contributed by atoms with Gasteiger partial charge in [0.15, 0.2) is 0 Å². The molecule has 0 spiro atoms. The highest BCUT2D eigenvalue weighted by atomic mass is 33.1. The topological polar surface area (TPSA) is 26.3 Å². The molecule has 2 nitrogen and oxygen atoms in total. The van der Waals surface area contributed by atoms with Gasteiger partial charge in [-0.25, -0.2) is 0 Å². The van der Waals surface area contributed by atoms with Crippen molar-refractivity contribution in [2.45, 2.75) is 119 Å². The van der Waals surface area contributed by atoms with Crippen LogP contribution in [0.4, 0.5) is 0 Å². The standard InChI is InChI=1S/C24H51O2PS2/c1-7-13-16-22(10-4)19-26-27(25,28-20-23(11-5)17-14-8-2)29-21-24(12-6)18-15-9-3/h22-24H,7-21H2,1-6H3. The number of hydrogen-bond acceptors (Lipinski definition) is 4. The molecule has 0 radical (unpaired) electrons. The second-order valence-electron chi connectivity index (χ2n) is 8.58. The van der Waals surface area contributed by atoms with Crippen molar-refractivity contribution in [1.82, 2.24) is 0 Å². The summed E-state index contributed by atoms with van der Waals surface area (Å²) >= 11 is 3.31. The summed E-state index contributed by atoms with van der Waals surface area (Å²) in [5.41, 5.74) is 0. The zero-order valence-electron chi connectivity index (χ0n) is 20.4. The van der Waals surface area contributed by atoms with Crippen LogP contribution >= 0.6 is 28.5 Å². The van der Waals surface area contributed by atoms with E-state index < -0.39 is 5.77 Å². The van der Waals surface area contributed by atoms with Crippen LogP contribution in [0.1, 0.15) is 119 Å². The SMILES string of the molecule is CCCCC(CC)COP(=O)(SCC(CC)CCCC)SCC(CC)CCCC. The number of rotatable bonds is 21. The third kappa shape index (κ3) is 15.4. The van der Waals surface area contributed by atoms with Crippen LogP contribution in [0.2, 0.25) is 0 Å². The highest BCUT2D eigenvalue weighted by molar-refractivity contribution is 8.89. The van der Waals surface area contributed by atoms with Gasteiger partial charge in [-0.15, -0.1) is 0 Å². The van der Waals surface area contributed by atoms with Gasteiger partial charge in [0.1, 0.15) is 0 Å². The summed E-state index contributed by atoms with van der Waals surface area (Å²) in [5, 5.41) is 0. The van der Waals surface area contributed by atoms with Gasteiger partial charge in [-0.3, -0.25) is 4.57 Å². The zero-order valence-corrected chi connectivity index (χ0v) is 22.9. The molecule has 0 N–H and O–H groups in total. The molecule has 0 aliphatic heterocycles. The Kier molecular flexibility index (Phi) is 20.2. The van der Waals surface area contributed by atoms with Crippen LogP contribution in [0.3, 0.4) is 0 Å². The Hall–Kier alpha value is 0.890. The summed E-state index contributed by atoms with van der Waals surface area (Å²) in [6.45, 7) is 14.2. The Morgan fingerprint density at radius 3 is 1.38 bits per heavy atom. The first kappa shape index (κ1) is 29.9. The van der Waals surface area contributed by atoms with Crippen molar-refractivity contribution in [1.29, 1.82) is 0 Å². The van der Waals surface area contributed by atoms with E-state index in [9.17, 15) is 4.57 Å². The molecule has 0 aromatic rings. The van der Waals surface area contributed by atoms with Crippen LogP contribution in [0.5, 0.6) is 0 Å². The Labute approximate surface area is 191 Å². The lowest BCUT2D eigenvalue weighted by Gasteiger charge is -2.24. The Morgan fingerprint density at radius 1 is 0.655 bits per heavy atom. The second kappa shape index (κ2) is 19.6. The van der Waals surface area contributed by atoms with Crippen molar-refractivity contribution in [3.05, 3.63) is 0 Å². The monoisotopic (exact) mass is 466 g/mol. The normalized spacial score (nSPS) is 17.0. The molecule has 29 heavy (non-hydrogen) atoms. The second-order valence-corrected chi connectivity index (χ2v) is 16.0. The summed E-state index contributed by atoms with van der Waals surface area (Å²) in [7, 11) is 0. The molecule has 0 fully saturated rings. The van der Waals surface area contributed by atoms with Gasteiger partial charge >= 0.3 is 5.77 Å². The molecule has 0 saturated carbocycles. The van der Waals surface area contributed by atoms with Gasteiger partial charge < -0.3 is 4.52 Å². The predicted octanol–water partition coefficient (Wildman–Crippen LogP) is 10.2. The van der Waals surface area contributed by atoms with Crippen LogP contribution in [-0.2, 0) is 9.09 Å². The van der Waals surface area contributed by atoms with E-state index in [1.54, 1.807) is 22.8 Å². The van der Waals surface area contributed by atoms with Crippen LogP contribution in [0.25, 0.3) is 0 Å². The molecule has 0 aliphatic carbocycles. The van der Waals surface area contributed by atoms with Gasteiger partial charge in [-0.05, 0) is 37.0 Å². The van der Waals surface area contributed by atoms with Crippen molar-refractivity contribution >= 4 is 28.5 Å². The van der Waals surface area contributed by atoms with Crippen molar-refractivity contribution in [3.63, 3.8) is 0 Å². The minimum atomic E-state index is -2.68. The Balaban J connectivity index is 4.91. The fourth-order valence-electron chi connectivity index (χ4n) is 3.40. The molecule has 3 unspecified atom stereocenters. The molecule has 0 aromatic heterocycles. The minimum absolute atomic E-state index is 0.550. The largest absolute Gasteiger partial charge is 0.313 e. The van der Waals surface area contributed by atoms with Crippen LogP contribution in [-0.4, -0.2) is 18.1 Å². The minimum Gasteiger partial charge on any atom is -0.313 e. The van der Waals surface area contributed by atoms with Gasteiger partial charge in [-0.2, -0.15) is 0 Å². The molecule has 0 saturated heterocycles. The summed E-state index contributed by atoms with van der Waals surface area (Å²) in [6.07, 6.45) is 14.7.